The fourth-order valence-corrected chi connectivity index (χ4v) is 2.91. The molecule has 0 aliphatic carbocycles. The maximum Gasteiger partial charge on any atom is 0.122 e. The topological polar surface area (TPSA) is 32.7 Å². The van der Waals surface area contributed by atoms with E-state index < -0.39 is 0 Å². The molecule has 1 atom stereocenters. The highest BCUT2D eigenvalue weighted by Crippen LogP contribution is 2.20. The van der Waals surface area contributed by atoms with Gasteiger partial charge in [0.1, 0.15) is 5.75 Å². The molecule has 2 rings (SSSR count). The Morgan fingerprint density at radius 1 is 1.37 bits per heavy atom. The first-order valence-electron chi connectivity index (χ1n) is 7.28. The van der Waals surface area contributed by atoms with Crippen LogP contribution in [0.15, 0.2) is 24.3 Å². The number of benzene rings is 1. The molecule has 0 radical (unpaired) electrons. The predicted octanol–water partition coefficient (Wildman–Crippen LogP) is 2.33. The van der Waals surface area contributed by atoms with Gasteiger partial charge in [0.2, 0.25) is 0 Å². The second-order valence-electron chi connectivity index (χ2n) is 5.41. The zero-order valence-corrected chi connectivity index (χ0v) is 11.8. The molecule has 1 aliphatic heterocycles. The van der Waals surface area contributed by atoms with Gasteiger partial charge in [-0.25, -0.2) is 0 Å². The number of likely N-dealkylation sites (tertiary alicyclic amines) is 1. The van der Waals surface area contributed by atoms with Crippen LogP contribution < -0.4 is 4.74 Å². The van der Waals surface area contributed by atoms with Crippen molar-refractivity contribution in [2.75, 3.05) is 33.4 Å². The summed E-state index contributed by atoms with van der Waals surface area (Å²) < 4.78 is 5.38. The van der Waals surface area contributed by atoms with Crippen LogP contribution in [0.4, 0.5) is 0 Å². The number of nitrogens with zero attached hydrogens (tertiary/aromatic N) is 1. The van der Waals surface area contributed by atoms with E-state index in [9.17, 15) is 5.11 Å². The number of methoxy groups -OCH3 is 1. The maximum absolute atomic E-state index is 9.24. The number of piperidine rings is 1. The summed E-state index contributed by atoms with van der Waals surface area (Å²) in [4.78, 5) is 2.49. The van der Waals surface area contributed by atoms with Gasteiger partial charge in [-0.2, -0.15) is 0 Å². The van der Waals surface area contributed by atoms with Gasteiger partial charge in [-0.3, -0.25) is 0 Å². The van der Waals surface area contributed by atoms with Crippen LogP contribution >= 0.6 is 0 Å². The first-order valence-corrected chi connectivity index (χ1v) is 7.28. The molecule has 106 valence electrons. The lowest BCUT2D eigenvalue weighted by atomic mass is 9.98. The largest absolute Gasteiger partial charge is 0.496 e. The highest BCUT2D eigenvalue weighted by atomic mass is 16.5. The molecule has 3 nitrogen and oxygen atoms in total. The number of hydrogen-bond acceptors (Lipinski definition) is 3. The number of aliphatic hydroxyl groups is 1. The molecule has 1 aromatic carbocycles. The first kappa shape index (κ1) is 14.4. The third-order valence-electron chi connectivity index (χ3n) is 3.97. The van der Waals surface area contributed by atoms with Crippen LogP contribution in [0.25, 0.3) is 0 Å². The average Bonchev–Trinajstić information content (AvgIpc) is 2.48. The Balaban J connectivity index is 1.77. The predicted molar refractivity (Wildman–Crippen MR) is 77.6 cm³/mol. The Bertz CT molecular complexity index is 381. The molecular formula is C16H25NO2. The lowest BCUT2D eigenvalue weighted by Gasteiger charge is -2.31. The van der Waals surface area contributed by atoms with E-state index in [2.05, 4.69) is 17.0 Å². The Morgan fingerprint density at radius 3 is 3.00 bits per heavy atom. The molecule has 0 bridgehead atoms. The fraction of sp³-hybridized carbons (Fsp3) is 0.625. The van der Waals surface area contributed by atoms with Crippen molar-refractivity contribution in [3.8, 4) is 5.75 Å². The maximum atomic E-state index is 9.24. The van der Waals surface area contributed by atoms with Crippen LogP contribution in [0.3, 0.4) is 0 Å². The van der Waals surface area contributed by atoms with Crippen molar-refractivity contribution in [1.82, 2.24) is 4.90 Å². The average molecular weight is 263 g/mol. The minimum absolute atomic E-state index is 0.336. The number of rotatable bonds is 6. The molecule has 19 heavy (non-hydrogen) atoms. The van der Waals surface area contributed by atoms with Crippen molar-refractivity contribution in [1.29, 1.82) is 0 Å². The summed E-state index contributed by atoms with van der Waals surface area (Å²) in [5.74, 6) is 1.48. The normalized spacial score (nSPS) is 20.4. The van der Waals surface area contributed by atoms with Crippen molar-refractivity contribution < 1.29 is 9.84 Å². The smallest absolute Gasteiger partial charge is 0.122 e. The Morgan fingerprint density at radius 2 is 2.21 bits per heavy atom. The van der Waals surface area contributed by atoms with Gasteiger partial charge in [0.05, 0.1) is 7.11 Å². The number of ether oxygens (including phenoxy) is 1. The molecule has 0 saturated carbocycles. The zero-order valence-electron chi connectivity index (χ0n) is 11.8. The lowest BCUT2D eigenvalue weighted by molar-refractivity contribution is 0.120. The molecule has 1 aromatic rings. The fourth-order valence-electron chi connectivity index (χ4n) is 2.91. The highest BCUT2D eigenvalue weighted by molar-refractivity contribution is 5.33. The van der Waals surface area contributed by atoms with Crippen molar-refractivity contribution in [3.63, 3.8) is 0 Å². The molecule has 1 heterocycles. The quantitative estimate of drug-likeness (QED) is 0.855. The molecule has 0 spiro atoms. The van der Waals surface area contributed by atoms with Crippen molar-refractivity contribution >= 4 is 0 Å². The van der Waals surface area contributed by atoms with Crippen molar-refractivity contribution in [2.45, 2.75) is 25.7 Å². The Labute approximate surface area is 116 Å². The second kappa shape index (κ2) is 7.51. The monoisotopic (exact) mass is 263 g/mol. The molecular weight excluding hydrogens is 238 g/mol. The second-order valence-corrected chi connectivity index (χ2v) is 5.41. The van der Waals surface area contributed by atoms with Gasteiger partial charge in [0.25, 0.3) is 0 Å². The number of aliphatic hydroxyl groups excluding tert-OH is 1. The molecule has 0 amide bonds. The number of hydrogen-bond donors (Lipinski definition) is 1. The van der Waals surface area contributed by atoms with Gasteiger partial charge in [0, 0.05) is 13.2 Å². The SMILES string of the molecule is COc1ccccc1CCCN1CCCC(CO)C1. The van der Waals surface area contributed by atoms with E-state index in [0.717, 1.165) is 31.7 Å². The number of aryl methyl sites for hydroxylation is 1. The molecule has 1 N–H and O–H groups in total. The van der Waals surface area contributed by atoms with Gasteiger partial charge in [0.15, 0.2) is 0 Å². The molecule has 1 saturated heterocycles. The zero-order chi connectivity index (χ0) is 13.5. The lowest BCUT2D eigenvalue weighted by Crippen LogP contribution is -2.37. The molecule has 3 heteroatoms. The molecule has 1 aliphatic rings. The van der Waals surface area contributed by atoms with Gasteiger partial charge in [-0.1, -0.05) is 18.2 Å². The van der Waals surface area contributed by atoms with Crippen LogP contribution in [-0.4, -0.2) is 43.4 Å². The number of para-hydroxylation sites is 1. The van der Waals surface area contributed by atoms with Crippen LogP contribution in [0, 0.1) is 5.92 Å². The van der Waals surface area contributed by atoms with E-state index >= 15 is 0 Å². The highest BCUT2D eigenvalue weighted by Gasteiger charge is 2.18. The van der Waals surface area contributed by atoms with E-state index in [-0.39, 0.29) is 0 Å². The first-order chi connectivity index (χ1) is 9.33. The summed E-state index contributed by atoms with van der Waals surface area (Å²) in [5, 5.41) is 9.24. The minimum Gasteiger partial charge on any atom is -0.496 e. The summed E-state index contributed by atoms with van der Waals surface area (Å²) in [6.07, 6.45) is 4.61. The van der Waals surface area contributed by atoms with E-state index in [1.54, 1.807) is 7.11 Å². The van der Waals surface area contributed by atoms with Crippen LogP contribution in [0.2, 0.25) is 0 Å². The van der Waals surface area contributed by atoms with Crippen LogP contribution in [-0.2, 0) is 6.42 Å². The summed E-state index contributed by atoms with van der Waals surface area (Å²) in [6, 6.07) is 8.25. The molecule has 1 fully saturated rings. The van der Waals surface area contributed by atoms with Crippen LogP contribution in [0.5, 0.6) is 5.75 Å². The summed E-state index contributed by atoms with van der Waals surface area (Å²) in [7, 11) is 1.73. The summed E-state index contributed by atoms with van der Waals surface area (Å²) in [6.45, 7) is 3.70. The third kappa shape index (κ3) is 4.22. The van der Waals surface area contributed by atoms with E-state index in [4.69, 9.17) is 4.74 Å². The standard InChI is InChI=1S/C16H25NO2/c1-19-16-9-3-2-7-15(16)8-5-11-17-10-4-6-14(12-17)13-18/h2-3,7,9,14,18H,4-6,8,10-13H2,1H3. The van der Waals surface area contributed by atoms with Gasteiger partial charge in [-0.15, -0.1) is 0 Å². The Kier molecular flexibility index (Phi) is 5.67. The minimum atomic E-state index is 0.336. The van der Waals surface area contributed by atoms with Gasteiger partial charge < -0.3 is 14.7 Å². The van der Waals surface area contributed by atoms with Gasteiger partial charge in [-0.05, 0) is 56.3 Å². The summed E-state index contributed by atoms with van der Waals surface area (Å²) >= 11 is 0. The van der Waals surface area contributed by atoms with Crippen molar-refractivity contribution in [2.24, 2.45) is 5.92 Å². The third-order valence-corrected chi connectivity index (χ3v) is 3.97. The van der Waals surface area contributed by atoms with Crippen LogP contribution in [0.1, 0.15) is 24.8 Å². The molecule has 1 unspecified atom stereocenters. The van der Waals surface area contributed by atoms with Crippen molar-refractivity contribution in [3.05, 3.63) is 29.8 Å². The van der Waals surface area contributed by atoms with Gasteiger partial charge >= 0.3 is 0 Å². The van der Waals surface area contributed by atoms with E-state index in [0.29, 0.717) is 12.5 Å². The molecule has 0 aromatic heterocycles. The van der Waals surface area contributed by atoms with E-state index in [1.807, 2.05) is 12.1 Å². The summed E-state index contributed by atoms with van der Waals surface area (Å²) in [5.41, 5.74) is 1.29. The van der Waals surface area contributed by atoms with E-state index in [1.165, 1.54) is 24.9 Å². The Hall–Kier alpha value is -1.06.